The maximum absolute atomic E-state index is 11.1. The predicted octanol–water partition coefficient (Wildman–Crippen LogP) is 6.20. The molecule has 0 heterocycles. The topological polar surface area (TPSA) is 57.2 Å². The van der Waals surface area contributed by atoms with Crippen LogP contribution < -0.4 is 4.74 Å². The fourth-order valence-corrected chi connectivity index (χ4v) is 4.53. The SMILES string of the molecule is C#CCOCCOCCOCCOc1cc(CCCCC)cc(O)c1C1C=C(C)CCC1C(=C)C. The molecule has 0 spiro atoms. The van der Waals surface area contributed by atoms with Crippen molar-refractivity contribution >= 4 is 0 Å². The molecule has 0 bridgehead atoms. The quantitative estimate of drug-likeness (QED) is 0.162. The third-order valence-corrected chi connectivity index (χ3v) is 6.38. The number of terminal acetylenes is 1. The third kappa shape index (κ3) is 10.1. The van der Waals surface area contributed by atoms with E-state index in [0.29, 0.717) is 52.0 Å². The summed E-state index contributed by atoms with van der Waals surface area (Å²) >= 11 is 0. The number of rotatable bonds is 17. The fourth-order valence-electron chi connectivity index (χ4n) is 4.53. The second-order valence-electron chi connectivity index (χ2n) is 9.34. The van der Waals surface area contributed by atoms with Gasteiger partial charge in [-0.3, -0.25) is 0 Å². The maximum atomic E-state index is 11.1. The van der Waals surface area contributed by atoms with Crippen LogP contribution in [-0.4, -0.2) is 51.4 Å². The lowest BCUT2D eigenvalue weighted by molar-refractivity contribution is 0.0141. The van der Waals surface area contributed by atoms with Crippen molar-refractivity contribution in [2.45, 2.75) is 65.2 Å². The number of hydrogen-bond donors (Lipinski definition) is 1. The van der Waals surface area contributed by atoms with Crippen molar-refractivity contribution in [3.05, 3.63) is 47.1 Å². The molecule has 1 aliphatic carbocycles. The summed E-state index contributed by atoms with van der Waals surface area (Å²) in [6.07, 6.45) is 13.9. The summed E-state index contributed by atoms with van der Waals surface area (Å²) < 4.78 is 22.5. The van der Waals surface area contributed by atoms with Gasteiger partial charge < -0.3 is 24.1 Å². The van der Waals surface area contributed by atoms with Gasteiger partial charge in [-0.2, -0.15) is 0 Å². The lowest BCUT2D eigenvalue weighted by Crippen LogP contribution is -2.19. The Morgan fingerprint density at radius 2 is 1.77 bits per heavy atom. The van der Waals surface area contributed by atoms with Gasteiger partial charge in [0, 0.05) is 11.5 Å². The molecule has 1 aromatic rings. The molecule has 35 heavy (non-hydrogen) atoms. The summed E-state index contributed by atoms with van der Waals surface area (Å²) in [5.74, 6) is 3.84. The number of unbranched alkanes of at least 4 members (excludes halogenated alkanes) is 2. The molecule has 1 aliphatic rings. The van der Waals surface area contributed by atoms with Crippen LogP contribution in [0, 0.1) is 18.3 Å². The minimum Gasteiger partial charge on any atom is -0.507 e. The van der Waals surface area contributed by atoms with E-state index in [9.17, 15) is 5.11 Å². The number of aromatic hydroxyl groups is 1. The summed E-state index contributed by atoms with van der Waals surface area (Å²) in [7, 11) is 0. The Labute approximate surface area is 212 Å². The zero-order valence-electron chi connectivity index (χ0n) is 21.9. The van der Waals surface area contributed by atoms with E-state index >= 15 is 0 Å². The first-order valence-corrected chi connectivity index (χ1v) is 13.0. The first-order chi connectivity index (χ1) is 17.0. The summed E-state index contributed by atoms with van der Waals surface area (Å²) in [4.78, 5) is 0. The Kier molecular flexibility index (Phi) is 13.6. The molecule has 0 radical (unpaired) electrons. The maximum Gasteiger partial charge on any atom is 0.127 e. The van der Waals surface area contributed by atoms with Crippen LogP contribution in [0.2, 0.25) is 0 Å². The number of benzene rings is 1. The van der Waals surface area contributed by atoms with Crippen LogP contribution in [0.25, 0.3) is 0 Å². The molecular formula is C30H44O5. The van der Waals surface area contributed by atoms with Crippen molar-refractivity contribution in [2.24, 2.45) is 5.92 Å². The lowest BCUT2D eigenvalue weighted by Gasteiger charge is -2.32. The average Bonchev–Trinajstić information content (AvgIpc) is 2.82. The van der Waals surface area contributed by atoms with Gasteiger partial charge >= 0.3 is 0 Å². The highest BCUT2D eigenvalue weighted by molar-refractivity contribution is 5.52. The summed E-state index contributed by atoms with van der Waals surface area (Å²) in [6, 6.07) is 4.03. The number of hydrogen-bond acceptors (Lipinski definition) is 5. The molecule has 0 aromatic heterocycles. The predicted molar refractivity (Wildman–Crippen MR) is 142 cm³/mol. The molecule has 1 aromatic carbocycles. The molecule has 0 aliphatic heterocycles. The Morgan fingerprint density at radius 1 is 1.09 bits per heavy atom. The Balaban J connectivity index is 2.02. The van der Waals surface area contributed by atoms with Gasteiger partial charge in [-0.15, -0.1) is 6.42 Å². The third-order valence-electron chi connectivity index (χ3n) is 6.38. The molecule has 2 rings (SSSR count). The average molecular weight is 485 g/mol. The highest BCUT2D eigenvalue weighted by Gasteiger charge is 2.30. The monoisotopic (exact) mass is 484 g/mol. The smallest absolute Gasteiger partial charge is 0.127 e. The molecule has 0 fully saturated rings. The van der Waals surface area contributed by atoms with Crippen LogP contribution in [-0.2, 0) is 20.6 Å². The standard InChI is InChI=1S/C30H44O5/c1-6-8-9-10-25-21-28(31)30(27-20-24(5)11-12-26(27)23(3)4)29(22-25)35-19-18-34-17-16-33-15-14-32-13-7-2/h2,20-22,26-27,31H,3,6,8-19H2,1,4-5H3. The van der Waals surface area contributed by atoms with Gasteiger partial charge in [0.15, 0.2) is 0 Å². The van der Waals surface area contributed by atoms with Crippen molar-refractivity contribution in [2.75, 3.05) is 46.2 Å². The van der Waals surface area contributed by atoms with E-state index in [2.05, 4.69) is 45.4 Å². The Morgan fingerprint density at radius 3 is 2.43 bits per heavy atom. The van der Waals surface area contributed by atoms with Crippen LogP contribution in [0.5, 0.6) is 11.5 Å². The van der Waals surface area contributed by atoms with E-state index in [1.807, 2.05) is 6.07 Å². The molecule has 194 valence electrons. The van der Waals surface area contributed by atoms with E-state index in [1.54, 1.807) is 0 Å². The highest BCUT2D eigenvalue weighted by Crippen LogP contribution is 2.47. The zero-order chi connectivity index (χ0) is 25.5. The highest BCUT2D eigenvalue weighted by atomic mass is 16.6. The van der Waals surface area contributed by atoms with E-state index in [1.165, 1.54) is 18.4 Å². The minimum atomic E-state index is 0.0620. The molecule has 2 atom stereocenters. The van der Waals surface area contributed by atoms with Crippen molar-refractivity contribution in [1.29, 1.82) is 0 Å². The van der Waals surface area contributed by atoms with Crippen LogP contribution in [0.1, 0.15) is 69.9 Å². The number of aryl methyl sites for hydroxylation is 1. The Hall–Kier alpha value is -2.26. The van der Waals surface area contributed by atoms with Gasteiger partial charge in [0.25, 0.3) is 0 Å². The lowest BCUT2D eigenvalue weighted by atomic mass is 9.73. The van der Waals surface area contributed by atoms with Crippen molar-refractivity contribution < 1.29 is 24.1 Å². The second kappa shape index (κ2) is 16.4. The van der Waals surface area contributed by atoms with Gasteiger partial charge in [-0.1, -0.05) is 49.5 Å². The minimum absolute atomic E-state index is 0.0620. The summed E-state index contributed by atoms with van der Waals surface area (Å²) in [6.45, 7) is 13.8. The van der Waals surface area contributed by atoms with Crippen LogP contribution in [0.15, 0.2) is 35.9 Å². The Bertz CT molecular complexity index is 851. The van der Waals surface area contributed by atoms with E-state index in [0.717, 1.165) is 48.1 Å². The molecule has 0 saturated heterocycles. The second-order valence-corrected chi connectivity index (χ2v) is 9.34. The molecule has 0 amide bonds. The number of phenolic OH excluding ortho intramolecular Hbond substituents is 1. The van der Waals surface area contributed by atoms with Crippen molar-refractivity contribution in [3.63, 3.8) is 0 Å². The number of phenols is 1. The van der Waals surface area contributed by atoms with Gasteiger partial charge in [0.05, 0.1) is 33.0 Å². The first-order valence-electron chi connectivity index (χ1n) is 13.0. The van der Waals surface area contributed by atoms with Gasteiger partial charge in [0.1, 0.15) is 24.7 Å². The molecule has 2 unspecified atom stereocenters. The van der Waals surface area contributed by atoms with Crippen molar-refractivity contribution in [3.8, 4) is 23.8 Å². The van der Waals surface area contributed by atoms with Crippen molar-refractivity contribution in [1.82, 2.24) is 0 Å². The fraction of sp³-hybridized carbons (Fsp3) is 0.600. The normalized spacial score (nSPS) is 17.6. The van der Waals surface area contributed by atoms with Gasteiger partial charge in [-0.05, 0) is 63.1 Å². The first kappa shape index (κ1) is 29.0. The molecule has 1 N–H and O–H groups in total. The van der Waals surface area contributed by atoms with Crippen LogP contribution in [0.4, 0.5) is 0 Å². The van der Waals surface area contributed by atoms with E-state index in [-0.39, 0.29) is 11.8 Å². The summed E-state index contributed by atoms with van der Waals surface area (Å²) in [5, 5.41) is 11.1. The van der Waals surface area contributed by atoms with Gasteiger partial charge in [0.2, 0.25) is 0 Å². The number of allylic oxidation sites excluding steroid dienone is 3. The molecule has 0 saturated carbocycles. The van der Waals surface area contributed by atoms with Crippen LogP contribution >= 0.6 is 0 Å². The van der Waals surface area contributed by atoms with E-state index in [4.69, 9.17) is 25.4 Å². The van der Waals surface area contributed by atoms with Crippen LogP contribution in [0.3, 0.4) is 0 Å². The van der Waals surface area contributed by atoms with Gasteiger partial charge in [-0.25, -0.2) is 0 Å². The summed E-state index contributed by atoms with van der Waals surface area (Å²) in [5.41, 5.74) is 4.47. The molecule has 5 nitrogen and oxygen atoms in total. The largest absolute Gasteiger partial charge is 0.507 e. The molecule has 5 heteroatoms. The number of ether oxygens (including phenoxy) is 4. The molecular weight excluding hydrogens is 440 g/mol. The zero-order valence-corrected chi connectivity index (χ0v) is 21.9. The van der Waals surface area contributed by atoms with E-state index < -0.39 is 0 Å².